The van der Waals surface area contributed by atoms with Gasteiger partial charge >= 0.3 is 6.03 Å². The molecule has 0 aliphatic carbocycles. The number of rotatable bonds is 5. The molecule has 0 spiro atoms. The van der Waals surface area contributed by atoms with E-state index in [2.05, 4.69) is 20.3 Å². The van der Waals surface area contributed by atoms with Gasteiger partial charge in [0.15, 0.2) is 0 Å². The summed E-state index contributed by atoms with van der Waals surface area (Å²) in [6, 6.07) is 6.06. The minimum absolute atomic E-state index is 0.246. The number of halogens is 1. The highest BCUT2D eigenvalue weighted by molar-refractivity contribution is 5.73. The van der Waals surface area contributed by atoms with Crippen molar-refractivity contribution in [3.05, 3.63) is 53.2 Å². The molecule has 0 aliphatic heterocycles. The molecule has 1 aromatic heterocycles. The fourth-order valence-electron chi connectivity index (χ4n) is 1.81. The van der Waals surface area contributed by atoms with Crippen molar-refractivity contribution in [2.75, 3.05) is 6.54 Å². The van der Waals surface area contributed by atoms with Crippen LogP contribution in [0.1, 0.15) is 16.8 Å². The predicted molar refractivity (Wildman–Crippen MR) is 71.6 cm³/mol. The van der Waals surface area contributed by atoms with E-state index in [1.165, 1.54) is 18.4 Å². The summed E-state index contributed by atoms with van der Waals surface area (Å²) in [7, 11) is 0. The zero-order chi connectivity index (χ0) is 14.4. The van der Waals surface area contributed by atoms with Crippen LogP contribution in [-0.2, 0) is 13.0 Å². The second kappa shape index (κ2) is 6.70. The number of carbonyl (C=O) groups excluding carboxylic acids is 1. The largest absolute Gasteiger partial charge is 0.364 e. The minimum atomic E-state index is -0.271. The molecule has 0 fully saturated rings. The molecule has 2 amide bonds. The maximum atomic E-state index is 12.9. The van der Waals surface area contributed by atoms with Gasteiger partial charge in [0.05, 0.1) is 6.54 Å². The Bertz CT molecular complexity index is 570. The SMILES string of the molecule is Cc1cc(F)ccc1CCNC(=O)NCc1ccon1. The number of carbonyl (C=O) groups is 1. The summed E-state index contributed by atoms with van der Waals surface area (Å²) in [6.07, 6.45) is 2.11. The van der Waals surface area contributed by atoms with Gasteiger partial charge < -0.3 is 15.2 Å². The van der Waals surface area contributed by atoms with Gasteiger partial charge in [0.2, 0.25) is 0 Å². The van der Waals surface area contributed by atoms with Gasteiger partial charge in [0, 0.05) is 12.6 Å². The molecule has 106 valence electrons. The average Bonchev–Trinajstić information content (AvgIpc) is 2.92. The topological polar surface area (TPSA) is 67.2 Å². The van der Waals surface area contributed by atoms with E-state index < -0.39 is 0 Å². The summed E-state index contributed by atoms with van der Waals surface area (Å²) in [6.45, 7) is 2.65. The Morgan fingerprint density at radius 3 is 2.90 bits per heavy atom. The van der Waals surface area contributed by atoms with E-state index in [-0.39, 0.29) is 11.8 Å². The van der Waals surface area contributed by atoms with E-state index in [4.69, 9.17) is 0 Å². The quantitative estimate of drug-likeness (QED) is 0.880. The van der Waals surface area contributed by atoms with Crippen LogP contribution in [-0.4, -0.2) is 17.7 Å². The Morgan fingerprint density at radius 1 is 1.35 bits per heavy atom. The Morgan fingerprint density at radius 2 is 2.20 bits per heavy atom. The van der Waals surface area contributed by atoms with Gasteiger partial charge in [-0.05, 0) is 36.6 Å². The molecule has 6 heteroatoms. The maximum Gasteiger partial charge on any atom is 0.315 e. The number of hydrogen-bond donors (Lipinski definition) is 2. The fourth-order valence-corrected chi connectivity index (χ4v) is 1.81. The number of urea groups is 1. The van der Waals surface area contributed by atoms with Crippen LogP contribution in [0.5, 0.6) is 0 Å². The highest BCUT2D eigenvalue weighted by atomic mass is 19.1. The van der Waals surface area contributed by atoms with Gasteiger partial charge in [-0.2, -0.15) is 0 Å². The third kappa shape index (κ3) is 4.08. The lowest BCUT2D eigenvalue weighted by molar-refractivity contribution is 0.240. The summed E-state index contributed by atoms with van der Waals surface area (Å²) in [5.74, 6) is -0.246. The zero-order valence-electron chi connectivity index (χ0n) is 11.1. The van der Waals surface area contributed by atoms with Crippen LogP contribution in [0.2, 0.25) is 0 Å². The van der Waals surface area contributed by atoms with E-state index >= 15 is 0 Å². The standard InChI is InChI=1S/C14H16FN3O2/c1-10-8-12(15)3-2-11(10)4-6-16-14(19)17-9-13-5-7-20-18-13/h2-3,5,7-8H,4,6,9H2,1H3,(H2,16,17,19). The summed E-state index contributed by atoms with van der Waals surface area (Å²) >= 11 is 0. The normalized spacial score (nSPS) is 10.3. The Balaban J connectivity index is 1.71. The summed E-state index contributed by atoms with van der Waals surface area (Å²) < 4.78 is 17.6. The second-order valence-electron chi connectivity index (χ2n) is 4.42. The highest BCUT2D eigenvalue weighted by Gasteiger charge is 2.03. The van der Waals surface area contributed by atoms with Gasteiger partial charge in [-0.25, -0.2) is 9.18 Å². The van der Waals surface area contributed by atoms with E-state index in [1.54, 1.807) is 12.1 Å². The predicted octanol–water partition coefficient (Wildman–Crippen LogP) is 2.16. The summed E-state index contributed by atoms with van der Waals surface area (Å²) in [4.78, 5) is 11.5. The van der Waals surface area contributed by atoms with Crippen LogP contribution in [0.3, 0.4) is 0 Å². The van der Waals surface area contributed by atoms with Crippen molar-refractivity contribution >= 4 is 6.03 Å². The van der Waals surface area contributed by atoms with E-state index in [1.807, 2.05) is 6.92 Å². The molecule has 1 heterocycles. The number of aromatic nitrogens is 1. The van der Waals surface area contributed by atoms with Crippen LogP contribution >= 0.6 is 0 Å². The molecule has 0 saturated heterocycles. The molecule has 2 N–H and O–H groups in total. The smallest absolute Gasteiger partial charge is 0.315 e. The van der Waals surface area contributed by atoms with Gasteiger partial charge in [-0.3, -0.25) is 0 Å². The monoisotopic (exact) mass is 277 g/mol. The van der Waals surface area contributed by atoms with Crippen LogP contribution in [0.25, 0.3) is 0 Å². The lowest BCUT2D eigenvalue weighted by atomic mass is 10.1. The minimum Gasteiger partial charge on any atom is -0.364 e. The first-order chi connectivity index (χ1) is 9.65. The van der Waals surface area contributed by atoms with Crippen molar-refractivity contribution < 1.29 is 13.7 Å². The average molecular weight is 277 g/mol. The zero-order valence-corrected chi connectivity index (χ0v) is 11.1. The molecule has 1 aromatic carbocycles. The third-order valence-corrected chi connectivity index (χ3v) is 2.91. The first-order valence-corrected chi connectivity index (χ1v) is 6.31. The van der Waals surface area contributed by atoms with Crippen LogP contribution in [0.15, 0.2) is 35.1 Å². The summed E-state index contributed by atoms with van der Waals surface area (Å²) in [5, 5.41) is 9.08. The van der Waals surface area contributed by atoms with Crippen molar-refractivity contribution in [1.82, 2.24) is 15.8 Å². The van der Waals surface area contributed by atoms with Gasteiger partial charge in [0.1, 0.15) is 17.8 Å². The lowest BCUT2D eigenvalue weighted by Crippen LogP contribution is -2.36. The summed E-state index contributed by atoms with van der Waals surface area (Å²) in [5.41, 5.74) is 2.56. The maximum absolute atomic E-state index is 12.9. The number of aryl methyl sites for hydroxylation is 1. The molecular weight excluding hydrogens is 261 g/mol. The number of amides is 2. The molecule has 20 heavy (non-hydrogen) atoms. The molecule has 0 saturated carbocycles. The van der Waals surface area contributed by atoms with Crippen LogP contribution < -0.4 is 10.6 Å². The van der Waals surface area contributed by atoms with Crippen LogP contribution in [0, 0.1) is 12.7 Å². The van der Waals surface area contributed by atoms with Crippen molar-refractivity contribution in [2.45, 2.75) is 19.9 Å². The van der Waals surface area contributed by atoms with Crippen LogP contribution in [0.4, 0.5) is 9.18 Å². The van der Waals surface area contributed by atoms with Gasteiger partial charge in [-0.15, -0.1) is 0 Å². The number of hydrogen-bond acceptors (Lipinski definition) is 3. The van der Waals surface area contributed by atoms with Crippen molar-refractivity contribution in [2.24, 2.45) is 0 Å². The van der Waals surface area contributed by atoms with E-state index in [9.17, 15) is 9.18 Å². The molecule has 5 nitrogen and oxygen atoms in total. The van der Waals surface area contributed by atoms with Gasteiger partial charge in [0.25, 0.3) is 0 Å². The van der Waals surface area contributed by atoms with Crippen molar-refractivity contribution in [3.63, 3.8) is 0 Å². The first-order valence-electron chi connectivity index (χ1n) is 6.31. The van der Waals surface area contributed by atoms with E-state index in [0.29, 0.717) is 25.2 Å². The molecule has 0 bridgehead atoms. The molecule has 0 unspecified atom stereocenters. The van der Waals surface area contributed by atoms with E-state index in [0.717, 1.165) is 11.1 Å². The Hall–Kier alpha value is -2.37. The fraction of sp³-hybridized carbons (Fsp3) is 0.286. The highest BCUT2D eigenvalue weighted by Crippen LogP contribution is 2.10. The Kier molecular flexibility index (Phi) is 4.70. The molecular formula is C14H16FN3O2. The number of benzene rings is 1. The molecule has 0 atom stereocenters. The van der Waals surface area contributed by atoms with Crippen molar-refractivity contribution in [1.29, 1.82) is 0 Å². The molecule has 2 aromatic rings. The third-order valence-electron chi connectivity index (χ3n) is 2.91. The molecule has 2 rings (SSSR count). The first kappa shape index (κ1) is 14.0. The number of nitrogens with one attached hydrogen (secondary N) is 2. The second-order valence-corrected chi connectivity index (χ2v) is 4.42. The molecule has 0 aliphatic rings. The molecule has 0 radical (unpaired) electrons. The number of nitrogens with zero attached hydrogens (tertiary/aromatic N) is 1. The lowest BCUT2D eigenvalue weighted by Gasteiger charge is -2.08. The van der Waals surface area contributed by atoms with Crippen molar-refractivity contribution in [3.8, 4) is 0 Å². The Labute approximate surface area is 116 Å². The van der Waals surface area contributed by atoms with Gasteiger partial charge in [-0.1, -0.05) is 11.2 Å².